The summed E-state index contributed by atoms with van der Waals surface area (Å²) in [7, 11) is 1.93. The molecule has 0 saturated carbocycles. The molecule has 1 saturated heterocycles. The van der Waals surface area contributed by atoms with Gasteiger partial charge < -0.3 is 14.0 Å². The van der Waals surface area contributed by atoms with Gasteiger partial charge in [-0.15, -0.1) is 0 Å². The summed E-state index contributed by atoms with van der Waals surface area (Å²) < 4.78 is 6.94. The van der Waals surface area contributed by atoms with Gasteiger partial charge in [0.2, 0.25) is 0 Å². The summed E-state index contributed by atoms with van der Waals surface area (Å²) in [6.07, 6.45) is 8.95. The van der Waals surface area contributed by atoms with E-state index in [2.05, 4.69) is 15.1 Å². The molecule has 0 unspecified atom stereocenters. The van der Waals surface area contributed by atoms with Crippen LogP contribution < -0.4 is 0 Å². The highest BCUT2D eigenvalue weighted by molar-refractivity contribution is 5.92. The molecule has 0 aliphatic carbocycles. The first kappa shape index (κ1) is 16.4. The highest BCUT2D eigenvalue weighted by Gasteiger charge is 2.28. The van der Waals surface area contributed by atoms with Crippen molar-refractivity contribution in [3.63, 3.8) is 0 Å². The third-order valence-electron chi connectivity index (χ3n) is 4.71. The lowest BCUT2D eigenvalue weighted by Gasteiger charge is -2.31. The Kier molecular flexibility index (Phi) is 4.24. The Morgan fingerprint density at radius 1 is 1.27 bits per heavy atom. The van der Waals surface area contributed by atoms with Crippen LogP contribution >= 0.6 is 0 Å². The summed E-state index contributed by atoms with van der Waals surface area (Å²) in [5.41, 5.74) is 2.97. The Balaban J connectivity index is 1.55. The first-order valence-electron chi connectivity index (χ1n) is 8.63. The molecule has 1 amide bonds. The van der Waals surface area contributed by atoms with Gasteiger partial charge in [0.05, 0.1) is 30.1 Å². The second-order valence-corrected chi connectivity index (χ2v) is 6.63. The molecule has 1 aliphatic heterocycles. The highest BCUT2D eigenvalue weighted by Crippen LogP contribution is 2.27. The number of carbonyl (C=O) groups is 1. The summed E-state index contributed by atoms with van der Waals surface area (Å²) in [5, 5.41) is 3.84. The number of carbonyl (C=O) groups excluding carboxylic acids is 1. The van der Waals surface area contributed by atoms with Gasteiger partial charge in [0, 0.05) is 38.3 Å². The average Bonchev–Trinajstić information content (AvgIpc) is 3.29. The molecule has 4 rings (SSSR count). The minimum atomic E-state index is -0.0951. The minimum Gasteiger partial charge on any atom is -0.361 e. The van der Waals surface area contributed by atoms with E-state index in [1.54, 1.807) is 37.9 Å². The third kappa shape index (κ3) is 3.10. The second-order valence-electron chi connectivity index (χ2n) is 6.63. The van der Waals surface area contributed by atoms with E-state index in [4.69, 9.17) is 9.51 Å². The van der Waals surface area contributed by atoms with Gasteiger partial charge >= 0.3 is 0 Å². The zero-order chi connectivity index (χ0) is 18.1. The maximum atomic E-state index is 12.6. The van der Waals surface area contributed by atoms with E-state index in [0.717, 1.165) is 36.5 Å². The van der Waals surface area contributed by atoms with Crippen LogP contribution in [0.5, 0.6) is 0 Å². The first-order valence-corrected chi connectivity index (χ1v) is 8.63. The van der Waals surface area contributed by atoms with Crippen LogP contribution in [0.25, 0.3) is 11.4 Å². The molecule has 1 atom stereocenters. The summed E-state index contributed by atoms with van der Waals surface area (Å²) in [6.45, 7) is 3.10. The van der Waals surface area contributed by atoms with Gasteiger partial charge in [0.1, 0.15) is 11.5 Å². The third-order valence-corrected chi connectivity index (χ3v) is 4.71. The van der Waals surface area contributed by atoms with E-state index >= 15 is 0 Å². The standard InChI is InChI=1S/C18H20N6O2/c1-12-6-14(22-26-12)18(25)24-5-3-4-13(10-24)15-7-19-8-16(21-15)17-9-20-11-23(17)2/h6-9,11,13H,3-5,10H2,1-2H3/t13-/m1/s1. The van der Waals surface area contributed by atoms with Gasteiger partial charge in [0.25, 0.3) is 5.91 Å². The summed E-state index contributed by atoms with van der Waals surface area (Å²) in [4.78, 5) is 27.7. The van der Waals surface area contributed by atoms with E-state index in [1.807, 2.05) is 16.5 Å². The predicted molar refractivity (Wildman–Crippen MR) is 93.4 cm³/mol. The Bertz CT molecular complexity index is 931. The Morgan fingerprint density at radius 3 is 2.88 bits per heavy atom. The van der Waals surface area contributed by atoms with Gasteiger partial charge in [0.15, 0.2) is 5.69 Å². The fourth-order valence-electron chi connectivity index (χ4n) is 3.34. The zero-order valence-corrected chi connectivity index (χ0v) is 14.8. The minimum absolute atomic E-state index is 0.0951. The first-order chi connectivity index (χ1) is 12.6. The van der Waals surface area contributed by atoms with Crippen LogP contribution in [0.4, 0.5) is 0 Å². The molecule has 8 heteroatoms. The number of imidazole rings is 1. The fourth-order valence-corrected chi connectivity index (χ4v) is 3.34. The number of hydrogen-bond donors (Lipinski definition) is 0. The van der Waals surface area contributed by atoms with Crippen LogP contribution in [-0.2, 0) is 7.05 Å². The molecule has 0 N–H and O–H groups in total. The van der Waals surface area contributed by atoms with Crippen LogP contribution in [0.15, 0.2) is 35.5 Å². The predicted octanol–water partition coefficient (Wildman–Crippen LogP) is 2.19. The van der Waals surface area contributed by atoms with E-state index in [-0.39, 0.29) is 11.8 Å². The van der Waals surface area contributed by atoms with Crippen molar-refractivity contribution in [2.24, 2.45) is 7.05 Å². The molecule has 1 fully saturated rings. The average molecular weight is 352 g/mol. The molecule has 0 aromatic carbocycles. The Morgan fingerprint density at radius 2 is 2.15 bits per heavy atom. The van der Waals surface area contributed by atoms with E-state index in [1.165, 1.54) is 0 Å². The molecule has 26 heavy (non-hydrogen) atoms. The molecule has 1 aliphatic rings. The summed E-state index contributed by atoms with van der Waals surface area (Å²) in [6, 6.07) is 1.68. The van der Waals surface area contributed by atoms with E-state index in [9.17, 15) is 4.79 Å². The number of amides is 1. The van der Waals surface area contributed by atoms with Crippen molar-refractivity contribution in [3.05, 3.63) is 48.1 Å². The monoisotopic (exact) mass is 352 g/mol. The molecular formula is C18H20N6O2. The zero-order valence-electron chi connectivity index (χ0n) is 14.8. The lowest BCUT2D eigenvalue weighted by molar-refractivity contribution is 0.0695. The maximum Gasteiger partial charge on any atom is 0.276 e. The van der Waals surface area contributed by atoms with Crippen LogP contribution in [0.1, 0.15) is 40.7 Å². The number of aryl methyl sites for hydroxylation is 2. The molecule has 8 nitrogen and oxygen atoms in total. The molecule has 0 spiro atoms. The maximum absolute atomic E-state index is 12.6. The molecule has 3 aromatic rings. The van der Waals surface area contributed by atoms with Crippen molar-refractivity contribution in [2.45, 2.75) is 25.7 Å². The normalized spacial score (nSPS) is 17.5. The van der Waals surface area contributed by atoms with Crippen LogP contribution in [0.3, 0.4) is 0 Å². The van der Waals surface area contributed by atoms with Crippen LogP contribution in [-0.4, -0.2) is 48.6 Å². The van der Waals surface area contributed by atoms with Gasteiger partial charge in [-0.05, 0) is 19.8 Å². The van der Waals surface area contributed by atoms with Crippen LogP contribution in [0.2, 0.25) is 0 Å². The summed E-state index contributed by atoms with van der Waals surface area (Å²) >= 11 is 0. The second kappa shape index (κ2) is 6.70. The van der Waals surface area contributed by atoms with Gasteiger partial charge in [-0.25, -0.2) is 9.97 Å². The SMILES string of the molecule is Cc1cc(C(=O)N2CCC[C@@H](c3cncc(-c4cncn4C)n3)C2)no1. The lowest BCUT2D eigenvalue weighted by Crippen LogP contribution is -2.39. The van der Waals surface area contributed by atoms with Gasteiger partial charge in [-0.1, -0.05) is 5.16 Å². The smallest absolute Gasteiger partial charge is 0.276 e. The quantitative estimate of drug-likeness (QED) is 0.718. The molecule has 0 radical (unpaired) electrons. The van der Waals surface area contributed by atoms with E-state index in [0.29, 0.717) is 18.0 Å². The largest absolute Gasteiger partial charge is 0.361 e. The Labute approximate surface area is 150 Å². The van der Waals surface area contributed by atoms with Crippen molar-refractivity contribution < 1.29 is 9.32 Å². The highest BCUT2D eigenvalue weighted by atomic mass is 16.5. The molecule has 3 aromatic heterocycles. The lowest BCUT2D eigenvalue weighted by atomic mass is 9.94. The number of piperidine rings is 1. The molecule has 134 valence electrons. The fraction of sp³-hybridized carbons (Fsp3) is 0.389. The molecular weight excluding hydrogens is 332 g/mol. The topological polar surface area (TPSA) is 89.9 Å². The van der Waals surface area contributed by atoms with E-state index < -0.39 is 0 Å². The number of nitrogens with zero attached hydrogens (tertiary/aromatic N) is 6. The van der Waals surface area contributed by atoms with Gasteiger partial charge in [-0.3, -0.25) is 9.78 Å². The van der Waals surface area contributed by atoms with Crippen molar-refractivity contribution in [1.82, 2.24) is 29.6 Å². The van der Waals surface area contributed by atoms with Crippen molar-refractivity contribution in [2.75, 3.05) is 13.1 Å². The number of hydrogen-bond acceptors (Lipinski definition) is 6. The molecule has 0 bridgehead atoms. The van der Waals surface area contributed by atoms with Crippen molar-refractivity contribution >= 4 is 5.91 Å². The number of likely N-dealkylation sites (tertiary alicyclic amines) is 1. The Hall–Kier alpha value is -3.03. The van der Waals surface area contributed by atoms with Crippen molar-refractivity contribution in [3.8, 4) is 11.4 Å². The number of rotatable bonds is 3. The van der Waals surface area contributed by atoms with Crippen LogP contribution in [0, 0.1) is 6.92 Å². The number of aromatic nitrogens is 5. The van der Waals surface area contributed by atoms with Gasteiger partial charge in [-0.2, -0.15) is 0 Å². The molecule has 4 heterocycles. The summed E-state index contributed by atoms with van der Waals surface area (Å²) in [5.74, 6) is 0.695. The van der Waals surface area contributed by atoms with Crippen molar-refractivity contribution in [1.29, 1.82) is 0 Å².